The summed E-state index contributed by atoms with van der Waals surface area (Å²) in [5.74, 6) is -6.55. The van der Waals surface area contributed by atoms with Gasteiger partial charge in [-0.2, -0.15) is 0 Å². The van der Waals surface area contributed by atoms with Crippen LogP contribution in [-0.2, 0) is 41.6 Å². The van der Waals surface area contributed by atoms with E-state index in [-0.39, 0.29) is 25.0 Å². The second-order valence-corrected chi connectivity index (χ2v) is 10.4. The molecule has 15 nitrogen and oxygen atoms in total. The number of aromatic hydroxyl groups is 1. The number of phenols is 1. The lowest BCUT2D eigenvalue weighted by atomic mass is 10.0. The van der Waals surface area contributed by atoms with Crippen LogP contribution in [-0.4, -0.2) is 85.2 Å². The first-order valence-corrected chi connectivity index (χ1v) is 14.0. The molecule has 3 amide bonds. The van der Waals surface area contributed by atoms with Gasteiger partial charge < -0.3 is 47.1 Å². The van der Waals surface area contributed by atoms with Crippen molar-refractivity contribution in [1.29, 1.82) is 0 Å². The maximum atomic E-state index is 13.5. The third kappa shape index (κ3) is 10.4. The van der Waals surface area contributed by atoms with E-state index in [9.17, 15) is 44.1 Å². The van der Waals surface area contributed by atoms with Gasteiger partial charge in [-0.15, -0.1) is 0 Å². The van der Waals surface area contributed by atoms with Crippen molar-refractivity contribution in [3.63, 3.8) is 0 Å². The van der Waals surface area contributed by atoms with Crippen molar-refractivity contribution in [2.75, 3.05) is 0 Å². The van der Waals surface area contributed by atoms with Crippen LogP contribution in [0, 0.1) is 0 Å². The predicted octanol–water partition coefficient (Wildman–Crippen LogP) is 0.255. The van der Waals surface area contributed by atoms with Crippen LogP contribution < -0.4 is 21.7 Å². The molecule has 0 saturated heterocycles. The molecule has 45 heavy (non-hydrogen) atoms. The Hall–Kier alpha value is -5.44. The van der Waals surface area contributed by atoms with Gasteiger partial charge in [-0.05, 0) is 42.2 Å². The minimum Gasteiger partial charge on any atom is -0.508 e. The van der Waals surface area contributed by atoms with E-state index >= 15 is 0 Å². The Labute approximate surface area is 256 Å². The number of aromatic nitrogens is 1. The molecule has 0 aliphatic carbocycles. The number of carboxylic acids is 3. The largest absolute Gasteiger partial charge is 0.508 e. The Kier molecular flexibility index (Phi) is 12.0. The average molecular weight is 626 g/mol. The second-order valence-electron chi connectivity index (χ2n) is 10.4. The van der Waals surface area contributed by atoms with Crippen molar-refractivity contribution in [2.24, 2.45) is 5.73 Å². The third-order valence-electron chi connectivity index (χ3n) is 7.01. The predicted molar refractivity (Wildman–Crippen MR) is 159 cm³/mol. The molecule has 1 aromatic heterocycles. The first-order valence-electron chi connectivity index (χ1n) is 14.0. The highest BCUT2D eigenvalue weighted by Gasteiger charge is 2.31. The van der Waals surface area contributed by atoms with Crippen molar-refractivity contribution in [3.8, 4) is 5.75 Å². The first-order chi connectivity index (χ1) is 21.3. The normalized spacial score (nSPS) is 13.6. The monoisotopic (exact) mass is 625 g/mol. The molecule has 0 fully saturated rings. The Morgan fingerprint density at radius 3 is 1.93 bits per heavy atom. The zero-order chi connectivity index (χ0) is 33.1. The minimum atomic E-state index is -1.50. The van der Waals surface area contributed by atoms with E-state index in [4.69, 9.17) is 10.8 Å². The molecule has 15 heteroatoms. The van der Waals surface area contributed by atoms with E-state index < -0.39 is 79.1 Å². The number of aliphatic carboxylic acids is 3. The molecule has 2 aromatic carbocycles. The lowest BCUT2D eigenvalue weighted by Crippen LogP contribution is -2.57. The number of hydrogen-bond donors (Lipinski definition) is 9. The topological polar surface area (TPSA) is 261 Å². The number of carboxylic acid groups (broad SMARTS) is 3. The number of benzene rings is 2. The molecule has 0 radical (unpaired) electrons. The second kappa shape index (κ2) is 15.9. The summed E-state index contributed by atoms with van der Waals surface area (Å²) in [6.45, 7) is 0. The highest BCUT2D eigenvalue weighted by Crippen LogP contribution is 2.19. The lowest BCUT2D eigenvalue weighted by molar-refractivity contribution is -0.143. The van der Waals surface area contributed by atoms with Crippen molar-refractivity contribution in [3.05, 3.63) is 65.9 Å². The summed E-state index contributed by atoms with van der Waals surface area (Å²) < 4.78 is 0. The number of rotatable bonds is 17. The summed E-state index contributed by atoms with van der Waals surface area (Å²) >= 11 is 0. The van der Waals surface area contributed by atoms with Gasteiger partial charge in [0.25, 0.3) is 0 Å². The molecular weight excluding hydrogens is 590 g/mol. The molecule has 0 bridgehead atoms. The number of carbonyl (C=O) groups is 6. The molecular formula is C30H35N5O10. The Bertz CT molecular complexity index is 1540. The van der Waals surface area contributed by atoms with Gasteiger partial charge in [-0.1, -0.05) is 30.3 Å². The van der Waals surface area contributed by atoms with E-state index in [2.05, 4.69) is 20.9 Å². The van der Waals surface area contributed by atoms with Crippen LogP contribution in [0.4, 0.5) is 0 Å². The van der Waals surface area contributed by atoms with Gasteiger partial charge in [-0.25, -0.2) is 4.79 Å². The Balaban J connectivity index is 1.80. The van der Waals surface area contributed by atoms with Gasteiger partial charge in [-0.3, -0.25) is 24.0 Å². The fourth-order valence-corrected chi connectivity index (χ4v) is 4.57. The molecule has 1 heterocycles. The van der Waals surface area contributed by atoms with Crippen LogP contribution in [0.2, 0.25) is 0 Å². The number of H-pyrrole nitrogens is 1. The molecule has 0 aliphatic rings. The van der Waals surface area contributed by atoms with E-state index in [1.807, 2.05) is 0 Å². The van der Waals surface area contributed by atoms with Gasteiger partial charge in [0.05, 0.1) is 6.04 Å². The van der Waals surface area contributed by atoms with E-state index in [0.717, 1.165) is 10.9 Å². The molecule has 4 unspecified atom stereocenters. The van der Waals surface area contributed by atoms with Crippen molar-refractivity contribution in [2.45, 2.75) is 62.7 Å². The van der Waals surface area contributed by atoms with Crippen LogP contribution in [0.3, 0.4) is 0 Å². The van der Waals surface area contributed by atoms with Crippen LogP contribution in [0.25, 0.3) is 10.9 Å². The van der Waals surface area contributed by atoms with Crippen LogP contribution >= 0.6 is 0 Å². The molecule has 4 atom stereocenters. The van der Waals surface area contributed by atoms with Crippen LogP contribution in [0.15, 0.2) is 54.7 Å². The number of amides is 3. The number of aromatic amines is 1. The fraction of sp³-hybridized carbons (Fsp3) is 0.333. The van der Waals surface area contributed by atoms with Crippen molar-refractivity contribution in [1.82, 2.24) is 20.9 Å². The van der Waals surface area contributed by atoms with Crippen molar-refractivity contribution >= 4 is 46.5 Å². The highest BCUT2D eigenvalue weighted by molar-refractivity contribution is 5.95. The van der Waals surface area contributed by atoms with Gasteiger partial charge in [0.15, 0.2) is 0 Å². The quantitative estimate of drug-likeness (QED) is 0.0982. The van der Waals surface area contributed by atoms with Gasteiger partial charge in [0.1, 0.15) is 23.9 Å². The molecule has 10 N–H and O–H groups in total. The van der Waals surface area contributed by atoms with Gasteiger partial charge >= 0.3 is 17.9 Å². The molecule has 0 saturated carbocycles. The summed E-state index contributed by atoms with van der Waals surface area (Å²) in [6, 6.07) is 7.28. The first kappa shape index (κ1) is 34.1. The van der Waals surface area contributed by atoms with Crippen LogP contribution in [0.1, 0.15) is 36.8 Å². The maximum Gasteiger partial charge on any atom is 0.326 e. The smallest absolute Gasteiger partial charge is 0.326 e. The highest BCUT2D eigenvalue weighted by atomic mass is 16.4. The van der Waals surface area contributed by atoms with Crippen LogP contribution in [0.5, 0.6) is 5.75 Å². The van der Waals surface area contributed by atoms with Gasteiger partial charge in [0.2, 0.25) is 17.7 Å². The molecule has 0 aliphatic heterocycles. The zero-order valence-electron chi connectivity index (χ0n) is 24.1. The number of para-hydroxylation sites is 1. The number of nitrogens with one attached hydrogen (secondary N) is 4. The lowest BCUT2D eigenvalue weighted by Gasteiger charge is -2.25. The zero-order valence-corrected chi connectivity index (χ0v) is 24.1. The van der Waals surface area contributed by atoms with E-state index in [0.29, 0.717) is 11.1 Å². The summed E-state index contributed by atoms with van der Waals surface area (Å²) in [4.78, 5) is 76.9. The molecule has 240 valence electrons. The van der Waals surface area contributed by atoms with E-state index in [1.54, 1.807) is 30.5 Å². The fourth-order valence-electron chi connectivity index (χ4n) is 4.57. The minimum absolute atomic E-state index is 0.0505. The Morgan fingerprint density at radius 2 is 1.29 bits per heavy atom. The molecule has 3 rings (SSSR count). The van der Waals surface area contributed by atoms with Crippen molar-refractivity contribution < 1.29 is 49.2 Å². The Morgan fingerprint density at radius 1 is 0.711 bits per heavy atom. The maximum absolute atomic E-state index is 13.5. The number of carbonyl (C=O) groups excluding carboxylic acids is 3. The summed E-state index contributed by atoms with van der Waals surface area (Å²) in [7, 11) is 0. The molecule has 0 spiro atoms. The summed E-state index contributed by atoms with van der Waals surface area (Å²) in [5, 5.41) is 45.6. The number of fused-ring (bicyclic) bond motifs is 1. The number of nitrogens with two attached hydrogens (primary N) is 1. The summed E-state index contributed by atoms with van der Waals surface area (Å²) in [6.07, 6.45) is -0.199. The van der Waals surface area contributed by atoms with Gasteiger partial charge in [0, 0.05) is 42.8 Å². The number of phenolic OH excluding ortho intramolecular Hbond substituents is 1. The molecule has 3 aromatic rings. The standard InChI is InChI=1S/C30H35N5O10/c31-20(9-11-25(37)38)27(41)34-23(13-16-5-7-18(36)8-6-16)29(43)33-22(10-12-26(39)40)28(42)35-24(30(44)45)14-17-15-32-21-4-2-1-3-19(17)21/h1-8,15,20,22-24,32,36H,9-14,31H2,(H,33,43)(H,34,41)(H,35,42)(H,37,38)(H,39,40)(H,44,45). The SMILES string of the molecule is NC(CCC(=O)O)C(=O)NC(Cc1ccc(O)cc1)C(=O)NC(CCC(=O)O)C(=O)NC(Cc1c[nH]c2ccccc12)C(=O)O. The number of hydrogen-bond acceptors (Lipinski definition) is 8. The van der Waals surface area contributed by atoms with E-state index in [1.165, 1.54) is 24.3 Å². The summed E-state index contributed by atoms with van der Waals surface area (Å²) in [5.41, 5.74) is 7.67. The average Bonchev–Trinajstić information content (AvgIpc) is 3.40. The third-order valence-corrected chi connectivity index (χ3v) is 7.01.